The molecule has 0 bridgehead atoms. The van der Waals surface area contributed by atoms with Crippen LogP contribution in [-0.2, 0) is 21.1 Å². The van der Waals surface area contributed by atoms with Gasteiger partial charge in [-0.25, -0.2) is 13.1 Å². The van der Waals surface area contributed by atoms with E-state index in [-0.39, 0.29) is 29.9 Å². The number of hydrogen-bond donors (Lipinski definition) is 1. The zero-order chi connectivity index (χ0) is 18.0. The molecule has 0 radical (unpaired) electrons. The number of benzene rings is 1. The molecule has 1 saturated heterocycles. The summed E-state index contributed by atoms with van der Waals surface area (Å²) < 4.78 is 30.3. The number of sulfone groups is 1. The van der Waals surface area contributed by atoms with Crippen LogP contribution in [0.5, 0.6) is 5.75 Å². The van der Waals surface area contributed by atoms with Crippen LogP contribution in [0.1, 0.15) is 23.7 Å². The van der Waals surface area contributed by atoms with Gasteiger partial charge < -0.3 is 10.1 Å². The highest BCUT2D eigenvalue weighted by atomic mass is 32.2. The van der Waals surface area contributed by atoms with E-state index in [1.54, 1.807) is 23.9 Å². The Hall–Kier alpha value is -2.35. The molecule has 3 rings (SSSR count). The number of carbonyl (C=O) groups excluding carboxylic acids is 1. The fourth-order valence-electron chi connectivity index (χ4n) is 3.07. The first-order valence-electron chi connectivity index (χ1n) is 8.06. The average molecular weight is 363 g/mol. The van der Waals surface area contributed by atoms with Gasteiger partial charge in [-0.2, -0.15) is 5.10 Å². The molecule has 1 aliphatic rings. The molecular formula is C17H21N3O4S. The highest BCUT2D eigenvalue weighted by Gasteiger charge is 2.31. The van der Waals surface area contributed by atoms with Gasteiger partial charge >= 0.3 is 0 Å². The third kappa shape index (κ3) is 4.01. The topological polar surface area (TPSA) is 90.3 Å². The van der Waals surface area contributed by atoms with Crippen LogP contribution in [0.4, 0.5) is 5.82 Å². The standard InChI is InChI=1S/C17H21N3O4S/c1-12-9-16(20(19-12)14-7-8-25(22,23)11-14)18-17(21)10-13-5-3-4-6-15(13)24-2/h3-6,9,14H,7-8,10-11H2,1-2H3,(H,18,21). The largest absolute Gasteiger partial charge is 0.496 e. The summed E-state index contributed by atoms with van der Waals surface area (Å²) in [7, 11) is -1.46. The molecule has 2 aromatic rings. The highest BCUT2D eigenvalue weighted by Crippen LogP contribution is 2.27. The predicted octanol–water partition coefficient (Wildman–Crippen LogP) is 1.74. The summed E-state index contributed by atoms with van der Waals surface area (Å²) in [5, 5.41) is 7.21. The molecule has 1 unspecified atom stereocenters. The molecular weight excluding hydrogens is 342 g/mol. The molecule has 2 heterocycles. The lowest BCUT2D eigenvalue weighted by molar-refractivity contribution is -0.115. The second kappa shape index (κ2) is 6.87. The van der Waals surface area contributed by atoms with E-state index in [0.717, 1.165) is 11.3 Å². The maximum absolute atomic E-state index is 12.4. The normalized spacial score (nSPS) is 18.9. The van der Waals surface area contributed by atoms with Gasteiger partial charge in [0.2, 0.25) is 5.91 Å². The molecule has 8 heteroatoms. The second-order valence-corrected chi connectivity index (χ2v) is 8.44. The van der Waals surface area contributed by atoms with Crippen molar-refractivity contribution in [2.45, 2.75) is 25.8 Å². The summed E-state index contributed by atoms with van der Waals surface area (Å²) in [4.78, 5) is 12.4. The zero-order valence-electron chi connectivity index (χ0n) is 14.2. The molecule has 1 N–H and O–H groups in total. The number of methoxy groups -OCH3 is 1. The van der Waals surface area contributed by atoms with E-state index in [1.807, 2.05) is 25.1 Å². The number of aryl methyl sites for hydroxylation is 1. The van der Waals surface area contributed by atoms with Crippen LogP contribution in [0.3, 0.4) is 0 Å². The average Bonchev–Trinajstić information content (AvgIpc) is 3.09. The maximum Gasteiger partial charge on any atom is 0.230 e. The molecule has 1 aromatic heterocycles. The van der Waals surface area contributed by atoms with Crippen molar-refractivity contribution in [3.05, 3.63) is 41.6 Å². The Bertz CT molecular complexity index is 889. The van der Waals surface area contributed by atoms with E-state index in [1.165, 1.54) is 0 Å². The summed E-state index contributed by atoms with van der Waals surface area (Å²) in [6.45, 7) is 1.82. The van der Waals surface area contributed by atoms with Gasteiger partial charge in [0.1, 0.15) is 11.6 Å². The molecule has 1 atom stereocenters. The van der Waals surface area contributed by atoms with Gasteiger partial charge in [-0.15, -0.1) is 0 Å². The quantitative estimate of drug-likeness (QED) is 0.874. The van der Waals surface area contributed by atoms with E-state index >= 15 is 0 Å². The van der Waals surface area contributed by atoms with E-state index in [4.69, 9.17) is 4.74 Å². The first kappa shape index (κ1) is 17.5. The van der Waals surface area contributed by atoms with Crippen molar-refractivity contribution in [1.82, 2.24) is 9.78 Å². The summed E-state index contributed by atoms with van der Waals surface area (Å²) in [6, 6.07) is 8.86. The first-order valence-corrected chi connectivity index (χ1v) is 9.88. The molecule has 134 valence electrons. The molecule has 0 aliphatic carbocycles. The monoisotopic (exact) mass is 363 g/mol. The van der Waals surface area contributed by atoms with E-state index in [9.17, 15) is 13.2 Å². The van der Waals surface area contributed by atoms with E-state index in [2.05, 4.69) is 10.4 Å². The Morgan fingerprint density at radius 2 is 2.16 bits per heavy atom. The summed E-state index contributed by atoms with van der Waals surface area (Å²) in [5.74, 6) is 1.20. The van der Waals surface area contributed by atoms with Crippen molar-refractivity contribution in [3.8, 4) is 5.75 Å². The van der Waals surface area contributed by atoms with Crippen LogP contribution in [0.15, 0.2) is 30.3 Å². The lowest BCUT2D eigenvalue weighted by atomic mass is 10.1. The minimum atomic E-state index is -3.03. The lowest BCUT2D eigenvalue weighted by Crippen LogP contribution is -2.20. The van der Waals surface area contributed by atoms with Crippen molar-refractivity contribution in [1.29, 1.82) is 0 Å². The summed E-state index contributed by atoms with van der Waals surface area (Å²) in [6.07, 6.45) is 0.677. The number of para-hydroxylation sites is 1. The number of carbonyl (C=O) groups is 1. The van der Waals surface area contributed by atoms with E-state index < -0.39 is 9.84 Å². The van der Waals surface area contributed by atoms with Crippen molar-refractivity contribution >= 4 is 21.6 Å². The minimum absolute atomic E-state index is 0.0590. The predicted molar refractivity (Wildman–Crippen MR) is 94.6 cm³/mol. The number of amides is 1. The van der Waals surface area contributed by atoms with Gasteiger partial charge in [-0.05, 0) is 19.4 Å². The van der Waals surface area contributed by atoms with Gasteiger partial charge in [0, 0.05) is 11.6 Å². The molecule has 0 saturated carbocycles. The number of rotatable bonds is 5. The molecule has 1 aliphatic heterocycles. The number of ether oxygens (including phenoxy) is 1. The van der Waals surface area contributed by atoms with Gasteiger partial charge in [0.25, 0.3) is 0 Å². The Balaban J connectivity index is 1.76. The third-order valence-corrected chi connectivity index (χ3v) is 5.97. The van der Waals surface area contributed by atoms with Crippen LogP contribution in [-0.4, -0.2) is 42.7 Å². The molecule has 1 aromatic carbocycles. The summed E-state index contributed by atoms with van der Waals surface area (Å²) >= 11 is 0. The number of hydrogen-bond acceptors (Lipinski definition) is 5. The minimum Gasteiger partial charge on any atom is -0.496 e. The van der Waals surface area contributed by atoms with Gasteiger partial charge in [-0.3, -0.25) is 4.79 Å². The van der Waals surface area contributed by atoms with Crippen molar-refractivity contribution in [3.63, 3.8) is 0 Å². The molecule has 1 amide bonds. The van der Waals surface area contributed by atoms with Crippen LogP contribution in [0.25, 0.3) is 0 Å². The van der Waals surface area contributed by atoms with Crippen LogP contribution < -0.4 is 10.1 Å². The lowest BCUT2D eigenvalue weighted by Gasteiger charge is -2.14. The number of aromatic nitrogens is 2. The molecule has 25 heavy (non-hydrogen) atoms. The SMILES string of the molecule is COc1ccccc1CC(=O)Nc1cc(C)nn1C1CCS(=O)(=O)C1. The van der Waals surface area contributed by atoms with Crippen molar-refractivity contribution in [2.24, 2.45) is 0 Å². The van der Waals surface area contributed by atoms with Crippen molar-refractivity contribution in [2.75, 3.05) is 23.9 Å². The molecule has 7 nitrogen and oxygen atoms in total. The zero-order valence-corrected chi connectivity index (χ0v) is 15.0. The fraction of sp³-hybridized carbons (Fsp3) is 0.412. The van der Waals surface area contributed by atoms with Gasteiger partial charge in [0.05, 0.1) is 36.8 Å². The highest BCUT2D eigenvalue weighted by molar-refractivity contribution is 7.91. The molecule has 0 spiro atoms. The Labute approximate surface area is 146 Å². The van der Waals surface area contributed by atoms with Crippen LogP contribution in [0, 0.1) is 6.92 Å². The Morgan fingerprint density at radius 3 is 2.84 bits per heavy atom. The fourth-order valence-corrected chi connectivity index (χ4v) is 4.76. The summed E-state index contributed by atoms with van der Waals surface area (Å²) in [5.41, 5.74) is 1.52. The smallest absolute Gasteiger partial charge is 0.230 e. The van der Waals surface area contributed by atoms with E-state index in [0.29, 0.717) is 18.0 Å². The number of nitrogens with one attached hydrogen (secondary N) is 1. The van der Waals surface area contributed by atoms with Crippen LogP contribution >= 0.6 is 0 Å². The molecule has 1 fully saturated rings. The maximum atomic E-state index is 12.4. The van der Waals surface area contributed by atoms with Gasteiger partial charge in [0.15, 0.2) is 9.84 Å². The Kier molecular flexibility index (Phi) is 4.80. The van der Waals surface area contributed by atoms with Crippen LogP contribution in [0.2, 0.25) is 0 Å². The second-order valence-electron chi connectivity index (χ2n) is 6.21. The van der Waals surface area contributed by atoms with Gasteiger partial charge in [-0.1, -0.05) is 18.2 Å². The third-order valence-electron chi connectivity index (χ3n) is 4.22. The van der Waals surface area contributed by atoms with Crippen molar-refractivity contribution < 1.29 is 17.9 Å². The number of nitrogens with zero attached hydrogens (tertiary/aromatic N) is 2. The number of anilines is 1. The Morgan fingerprint density at radius 1 is 1.40 bits per heavy atom. The first-order chi connectivity index (χ1) is 11.9.